The van der Waals surface area contributed by atoms with Crippen LogP contribution in [0.25, 0.3) is 0 Å². The van der Waals surface area contributed by atoms with Crippen molar-refractivity contribution in [3.8, 4) is 0 Å². The fourth-order valence-electron chi connectivity index (χ4n) is 2.24. The Kier molecular flexibility index (Phi) is 5.50. The molecule has 1 N–H and O–H groups in total. The molecule has 0 bridgehead atoms. The molecule has 0 radical (unpaired) electrons. The lowest BCUT2D eigenvalue weighted by Crippen LogP contribution is -2.27. The molecule has 0 aliphatic carbocycles. The smallest absolute Gasteiger partial charge is 0.412 e. The number of nitrogens with zero attached hydrogens (tertiary/aromatic N) is 1. The predicted octanol–water partition coefficient (Wildman–Crippen LogP) is 5.74. The van der Waals surface area contributed by atoms with Gasteiger partial charge in [0, 0.05) is 15.8 Å². The fourth-order valence-corrected chi connectivity index (χ4v) is 3.25. The first-order valence-corrected chi connectivity index (χ1v) is 8.64. The number of aromatic nitrogens is 1. The molecule has 130 valence electrons. The normalized spacial score (nSPS) is 12.8. The van der Waals surface area contributed by atoms with E-state index in [0.717, 1.165) is 4.88 Å². The number of nitrogens with one attached hydrogen (secondary N) is 1. The zero-order valence-electron chi connectivity index (χ0n) is 14.2. The minimum absolute atomic E-state index is 0.275. The molecule has 1 heterocycles. The van der Waals surface area contributed by atoms with E-state index in [-0.39, 0.29) is 11.7 Å². The predicted molar refractivity (Wildman–Crippen MR) is 95.6 cm³/mol. The lowest BCUT2D eigenvalue weighted by molar-refractivity contribution is 0.0635. The molecule has 0 spiro atoms. The maximum absolute atomic E-state index is 13.6. The average Bonchev–Trinajstić information content (AvgIpc) is 2.80. The van der Waals surface area contributed by atoms with Crippen LogP contribution in [0.3, 0.4) is 0 Å². The van der Waals surface area contributed by atoms with E-state index in [0.29, 0.717) is 22.0 Å². The molecular formula is C17H20ClFN2O2S. The van der Waals surface area contributed by atoms with Crippen molar-refractivity contribution in [2.24, 2.45) is 0 Å². The minimum Gasteiger partial charge on any atom is -0.444 e. The number of ether oxygens (including phenoxy) is 1. The van der Waals surface area contributed by atoms with Gasteiger partial charge in [0.1, 0.15) is 11.4 Å². The summed E-state index contributed by atoms with van der Waals surface area (Å²) in [6.07, 6.45) is -0.551. The van der Waals surface area contributed by atoms with Gasteiger partial charge in [0.15, 0.2) is 0 Å². The van der Waals surface area contributed by atoms with Crippen molar-refractivity contribution in [2.45, 2.75) is 46.1 Å². The van der Waals surface area contributed by atoms with Crippen LogP contribution in [-0.2, 0) is 4.74 Å². The number of aryl methyl sites for hydroxylation is 1. The first-order valence-electron chi connectivity index (χ1n) is 7.49. The van der Waals surface area contributed by atoms with Gasteiger partial charge in [-0.3, -0.25) is 5.32 Å². The first-order chi connectivity index (χ1) is 11.1. The highest BCUT2D eigenvalue weighted by Gasteiger charge is 2.24. The zero-order chi connectivity index (χ0) is 18.1. The molecule has 7 heteroatoms. The van der Waals surface area contributed by atoms with E-state index in [1.165, 1.54) is 29.7 Å². The summed E-state index contributed by atoms with van der Waals surface area (Å²) in [4.78, 5) is 12.9. The fraction of sp³-hybridized carbons (Fsp3) is 0.412. The van der Waals surface area contributed by atoms with Crippen LogP contribution < -0.4 is 5.32 Å². The molecule has 0 aliphatic heterocycles. The summed E-state index contributed by atoms with van der Waals surface area (Å²) in [5.41, 5.74) is 1.24. The Morgan fingerprint density at radius 3 is 2.71 bits per heavy atom. The maximum Gasteiger partial charge on any atom is 0.412 e. The van der Waals surface area contributed by atoms with Gasteiger partial charge in [0.25, 0.3) is 0 Å². The molecule has 1 aromatic carbocycles. The lowest BCUT2D eigenvalue weighted by atomic mass is 9.96. The molecule has 1 aromatic heterocycles. The van der Waals surface area contributed by atoms with Crippen molar-refractivity contribution in [1.82, 2.24) is 4.37 Å². The zero-order valence-corrected chi connectivity index (χ0v) is 15.8. The Hall–Kier alpha value is -1.66. The van der Waals surface area contributed by atoms with Crippen LogP contribution in [0.4, 0.5) is 14.9 Å². The lowest BCUT2D eigenvalue weighted by Gasteiger charge is -2.20. The van der Waals surface area contributed by atoms with Gasteiger partial charge >= 0.3 is 6.09 Å². The molecule has 1 atom stereocenters. The Morgan fingerprint density at radius 1 is 1.42 bits per heavy atom. The Labute approximate surface area is 150 Å². The number of rotatable bonds is 3. The first kappa shape index (κ1) is 18.7. The monoisotopic (exact) mass is 370 g/mol. The SMILES string of the molecule is Cc1snc(C(C)c2cc(F)ccc2Cl)c1NC(=O)OC(C)(C)C. The number of carbonyl (C=O) groups is 1. The topological polar surface area (TPSA) is 51.2 Å². The molecule has 0 fully saturated rings. The van der Waals surface area contributed by atoms with Crippen LogP contribution in [0.15, 0.2) is 18.2 Å². The molecule has 24 heavy (non-hydrogen) atoms. The van der Waals surface area contributed by atoms with E-state index in [2.05, 4.69) is 9.69 Å². The average molecular weight is 371 g/mol. The number of hydrogen-bond donors (Lipinski definition) is 1. The van der Waals surface area contributed by atoms with Crippen LogP contribution in [0.1, 0.15) is 49.7 Å². The second-order valence-electron chi connectivity index (χ2n) is 6.51. The Bertz CT molecular complexity index is 756. The molecule has 4 nitrogen and oxygen atoms in total. The highest BCUT2D eigenvalue weighted by molar-refractivity contribution is 7.06. The molecular weight excluding hydrogens is 351 g/mol. The second kappa shape index (κ2) is 7.07. The molecule has 1 unspecified atom stereocenters. The van der Waals surface area contributed by atoms with Crippen molar-refractivity contribution in [3.63, 3.8) is 0 Å². The van der Waals surface area contributed by atoms with Crippen molar-refractivity contribution in [3.05, 3.63) is 45.2 Å². The van der Waals surface area contributed by atoms with E-state index < -0.39 is 11.7 Å². The molecule has 2 rings (SSSR count). The summed E-state index contributed by atoms with van der Waals surface area (Å²) < 4.78 is 23.3. The quantitative estimate of drug-likeness (QED) is 0.749. The highest BCUT2D eigenvalue weighted by atomic mass is 35.5. The van der Waals surface area contributed by atoms with Gasteiger partial charge < -0.3 is 4.74 Å². The minimum atomic E-state index is -0.598. The van der Waals surface area contributed by atoms with Crippen LogP contribution in [0.2, 0.25) is 5.02 Å². The van der Waals surface area contributed by atoms with E-state index in [1.807, 2.05) is 13.8 Å². The van der Waals surface area contributed by atoms with Crippen LogP contribution in [0, 0.1) is 12.7 Å². The third kappa shape index (κ3) is 4.45. The summed E-state index contributed by atoms with van der Waals surface area (Å²) in [7, 11) is 0. The van der Waals surface area contributed by atoms with E-state index >= 15 is 0 Å². The van der Waals surface area contributed by atoms with Gasteiger partial charge in [-0.25, -0.2) is 9.18 Å². The molecule has 1 amide bonds. The highest BCUT2D eigenvalue weighted by Crippen LogP contribution is 2.36. The van der Waals surface area contributed by atoms with E-state index in [4.69, 9.17) is 16.3 Å². The number of amides is 1. The molecule has 0 saturated heterocycles. The van der Waals surface area contributed by atoms with Gasteiger partial charge in [0.05, 0.1) is 11.4 Å². The summed E-state index contributed by atoms with van der Waals surface area (Å²) in [5.74, 6) is -0.641. The third-order valence-corrected chi connectivity index (χ3v) is 4.46. The van der Waals surface area contributed by atoms with Gasteiger partial charge in [-0.15, -0.1) is 0 Å². The Morgan fingerprint density at radius 2 is 2.08 bits per heavy atom. The summed E-state index contributed by atoms with van der Waals surface area (Å²) in [5, 5.41) is 3.21. The van der Waals surface area contributed by atoms with Crippen LogP contribution >= 0.6 is 23.1 Å². The number of carbonyl (C=O) groups excluding carboxylic acids is 1. The van der Waals surface area contributed by atoms with Crippen molar-refractivity contribution in [1.29, 1.82) is 0 Å². The van der Waals surface area contributed by atoms with Crippen molar-refractivity contribution >= 4 is 34.9 Å². The van der Waals surface area contributed by atoms with Crippen LogP contribution in [0.5, 0.6) is 0 Å². The summed E-state index contributed by atoms with van der Waals surface area (Å²) in [6.45, 7) is 9.10. The number of anilines is 1. The molecule has 2 aromatic rings. The van der Waals surface area contributed by atoms with Crippen LogP contribution in [-0.4, -0.2) is 16.1 Å². The van der Waals surface area contributed by atoms with Gasteiger partial charge in [-0.05, 0) is 63.0 Å². The number of benzene rings is 1. The molecule has 0 saturated carbocycles. The third-order valence-electron chi connectivity index (χ3n) is 3.35. The van der Waals surface area contributed by atoms with Gasteiger partial charge in [-0.2, -0.15) is 4.37 Å². The number of halogens is 2. The summed E-state index contributed by atoms with van der Waals surface area (Å²) in [6, 6.07) is 4.21. The van der Waals surface area contributed by atoms with Crippen molar-refractivity contribution < 1.29 is 13.9 Å². The second-order valence-corrected chi connectivity index (χ2v) is 7.90. The van der Waals surface area contributed by atoms with Gasteiger partial charge in [0.2, 0.25) is 0 Å². The van der Waals surface area contributed by atoms with E-state index in [1.54, 1.807) is 20.8 Å². The summed E-state index contributed by atoms with van der Waals surface area (Å²) >= 11 is 7.46. The molecule has 0 aliphatic rings. The standard InChI is InChI=1S/C17H20ClFN2O2S/c1-9(12-8-11(19)6-7-13(12)18)14-15(10(2)24-21-14)20-16(22)23-17(3,4)5/h6-9H,1-5H3,(H,20,22). The largest absolute Gasteiger partial charge is 0.444 e. The van der Waals surface area contributed by atoms with Gasteiger partial charge in [-0.1, -0.05) is 18.5 Å². The maximum atomic E-state index is 13.6. The van der Waals surface area contributed by atoms with E-state index in [9.17, 15) is 9.18 Å². The Balaban J connectivity index is 2.32. The number of hydrogen-bond acceptors (Lipinski definition) is 4. The van der Waals surface area contributed by atoms with Crippen molar-refractivity contribution in [2.75, 3.05) is 5.32 Å².